The summed E-state index contributed by atoms with van der Waals surface area (Å²) in [5, 5.41) is 17.4. The highest BCUT2D eigenvalue weighted by atomic mass is 16.7. The Morgan fingerprint density at radius 2 is 2.05 bits per heavy atom. The number of hydrogen-bond donors (Lipinski definition) is 1. The van der Waals surface area contributed by atoms with Gasteiger partial charge in [-0.05, 0) is 38.1 Å². The van der Waals surface area contributed by atoms with Gasteiger partial charge in [-0.2, -0.15) is 0 Å². The van der Waals surface area contributed by atoms with Crippen LogP contribution in [-0.2, 0) is 9.68 Å². The van der Waals surface area contributed by atoms with E-state index < -0.39 is 5.60 Å². The number of fused-ring (bicyclic) bond motifs is 1. The minimum absolute atomic E-state index is 0.0511. The van der Waals surface area contributed by atoms with Crippen molar-refractivity contribution in [2.75, 3.05) is 13.7 Å². The van der Waals surface area contributed by atoms with Crippen LogP contribution >= 0.6 is 0 Å². The van der Waals surface area contributed by atoms with Gasteiger partial charge >= 0.3 is 0 Å². The topological polar surface area (TPSA) is 72.6 Å². The highest BCUT2D eigenvalue weighted by molar-refractivity contribution is 6.48. The summed E-state index contributed by atoms with van der Waals surface area (Å²) in [4.78, 5) is 9.92. The Morgan fingerprint density at radius 3 is 2.70 bits per heavy atom. The van der Waals surface area contributed by atoms with Crippen LogP contribution in [0.1, 0.15) is 25.0 Å². The van der Waals surface area contributed by atoms with E-state index >= 15 is 0 Å². The second-order valence-electron chi connectivity index (χ2n) is 5.21. The minimum Gasteiger partial charge on any atom is -0.434 e. The van der Waals surface area contributed by atoms with E-state index in [0.29, 0.717) is 11.5 Å². The fraction of sp³-hybridized carbons (Fsp3) is 0.429. The Balaban J connectivity index is 2.24. The SMILES string of the molecule is CO/N=C1/C(=N/OCC(C)(C)O)Oc2ccc(C)cc21. The monoisotopic (exact) mass is 278 g/mol. The Hall–Kier alpha value is -2.08. The van der Waals surface area contributed by atoms with Gasteiger partial charge in [-0.3, -0.25) is 0 Å². The number of aliphatic hydroxyl groups is 1. The molecule has 0 unspecified atom stereocenters. The number of ether oxygens (including phenoxy) is 1. The molecule has 1 aromatic carbocycles. The molecule has 1 aliphatic heterocycles. The van der Waals surface area contributed by atoms with Crippen molar-refractivity contribution < 1.29 is 19.5 Å². The first-order chi connectivity index (χ1) is 9.40. The van der Waals surface area contributed by atoms with Gasteiger partial charge in [-0.1, -0.05) is 16.8 Å². The van der Waals surface area contributed by atoms with Gasteiger partial charge in [-0.15, -0.1) is 0 Å². The van der Waals surface area contributed by atoms with E-state index in [2.05, 4.69) is 10.3 Å². The van der Waals surface area contributed by atoms with E-state index in [1.807, 2.05) is 25.1 Å². The molecule has 0 amide bonds. The molecule has 0 saturated heterocycles. The molecular weight excluding hydrogens is 260 g/mol. The molecule has 0 fully saturated rings. The van der Waals surface area contributed by atoms with Crippen molar-refractivity contribution in [3.63, 3.8) is 0 Å². The predicted molar refractivity (Wildman–Crippen MR) is 75.0 cm³/mol. The predicted octanol–water partition coefficient (Wildman–Crippen LogP) is 1.84. The average Bonchev–Trinajstić information content (AvgIpc) is 2.66. The van der Waals surface area contributed by atoms with Gasteiger partial charge in [0, 0.05) is 0 Å². The number of benzene rings is 1. The zero-order chi connectivity index (χ0) is 14.8. The summed E-state index contributed by atoms with van der Waals surface area (Å²) in [7, 11) is 1.45. The minimum atomic E-state index is -0.968. The molecule has 1 heterocycles. The zero-order valence-electron chi connectivity index (χ0n) is 12.0. The fourth-order valence-electron chi connectivity index (χ4n) is 1.68. The molecule has 1 N–H and O–H groups in total. The van der Waals surface area contributed by atoms with Gasteiger partial charge in [0.05, 0.1) is 11.2 Å². The molecule has 1 aliphatic rings. The molecule has 0 aliphatic carbocycles. The first-order valence-corrected chi connectivity index (χ1v) is 6.23. The Labute approximate surface area is 117 Å². The Kier molecular flexibility index (Phi) is 3.94. The van der Waals surface area contributed by atoms with E-state index in [9.17, 15) is 5.11 Å². The molecule has 0 aromatic heterocycles. The third-order valence-corrected chi connectivity index (χ3v) is 2.55. The standard InChI is InChI=1S/C14H18N2O4/c1-9-5-6-11-10(7-9)12(15-18-4)13(20-11)16-19-8-14(2,3)17/h5-7,17H,8H2,1-4H3/b15-12+,16-13-. The van der Waals surface area contributed by atoms with Crippen LogP contribution in [0.2, 0.25) is 0 Å². The summed E-state index contributed by atoms with van der Waals surface area (Å²) in [5.74, 6) is 0.869. The third kappa shape index (κ3) is 3.27. The van der Waals surface area contributed by atoms with Crippen LogP contribution in [-0.4, -0.2) is 36.0 Å². The normalized spacial score (nSPS) is 18.1. The summed E-state index contributed by atoms with van der Waals surface area (Å²) in [6.07, 6.45) is 0. The maximum absolute atomic E-state index is 9.58. The molecule has 0 atom stereocenters. The van der Waals surface area contributed by atoms with Crippen LogP contribution in [0, 0.1) is 6.92 Å². The Bertz CT molecular complexity index is 559. The molecule has 0 bridgehead atoms. The summed E-state index contributed by atoms with van der Waals surface area (Å²) in [5.41, 5.74) is 1.39. The first kappa shape index (κ1) is 14.3. The maximum atomic E-state index is 9.58. The number of rotatable bonds is 4. The number of oxime groups is 2. The number of aryl methyl sites for hydroxylation is 1. The summed E-state index contributed by atoms with van der Waals surface area (Å²) < 4.78 is 5.57. The molecule has 0 spiro atoms. The molecule has 0 radical (unpaired) electrons. The summed E-state index contributed by atoms with van der Waals surface area (Å²) in [6, 6.07) is 5.71. The average molecular weight is 278 g/mol. The fourth-order valence-corrected chi connectivity index (χ4v) is 1.68. The lowest BCUT2D eigenvalue weighted by atomic mass is 10.1. The van der Waals surface area contributed by atoms with Crippen molar-refractivity contribution in [2.24, 2.45) is 10.3 Å². The third-order valence-electron chi connectivity index (χ3n) is 2.55. The molecule has 6 nitrogen and oxygen atoms in total. The number of hydrogen-bond acceptors (Lipinski definition) is 6. The Morgan fingerprint density at radius 1 is 1.30 bits per heavy atom. The largest absolute Gasteiger partial charge is 0.434 e. The molecule has 2 rings (SSSR count). The van der Waals surface area contributed by atoms with Crippen molar-refractivity contribution in [1.29, 1.82) is 0 Å². The molecular formula is C14H18N2O4. The van der Waals surface area contributed by atoms with Crippen molar-refractivity contribution in [3.05, 3.63) is 29.3 Å². The quantitative estimate of drug-likeness (QED) is 0.853. The van der Waals surface area contributed by atoms with E-state index in [4.69, 9.17) is 14.4 Å². The lowest BCUT2D eigenvalue weighted by Crippen LogP contribution is -2.25. The van der Waals surface area contributed by atoms with Crippen LogP contribution in [0.15, 0.2) is 28.5 Å². The van der Waals surface area contributed by atoms with Crippen molar-refractivity contribution in [1.82, 2.24) is 0 Å². The summed E-state index contributed by atoms with van der Waals surface area (Å²) in [6.45, 7) is 5.29. The molecule has 108 valence electrons. The van der Waals surface area contributed by atoms with Gasteiger partial charge in [-0.25, -0.2) is 0 Å². The van der Waals surface area contributed by atoms with Crippen LogP contribution in [0.25, 0.3) is 0 Å². The lowest BCUT2D eigenvalue weighted by Gasteiger charge is -2.14. The van der Waals surface area contributed by atoms with Crippen LogP contribution in [0.3, 0.4) is 0 Å². The maximum Gasteiger partial charge on any atom is 0.286 e. The molecule has 20 heavy (non-hydrogen) atoms. The van der Waals surface area contributed by atoms with Crippen molar-refractivity contribution in [3.8, 4) is 5.75 Å². The summed E-state index contributed by atoms with van der Waals surface area (Å²) >= 11 is 0. The lowest BCUT2D eigenvalue weighted by molar-refractivity contribution is -0.0198. The van der Waals surface area contributed by atoms with E-state index in [-0.39, 0.29) is 12.5 Å². The van der Waals surface area contributed by atoms with Crippen molar-refractivity contribution >= 4 is 11.6 Å². The van der Waals surface area contributed by atoms with Crippen LogP contribution in [0.4, 0.5) is 0 Å². The van der Waals surface area contributed by atoms with Gasteiger partial charge in [0.25, 0.3) is 5.90 Å². The van der Waals surface area contributed by atoms with Gasteiger partial charge in [0.1, 0.15) is 19.5 Å². The van der Waals surface area contributed by atoms with Gasteiger partial charge in [0.2, 0.25) is 0 Å². The molecule has 1 aromatic rings. The second kappa shape index (κ2) is 5.50. The van der Waals surface area contributed by atoms with Crippen LogP contribution < -0.4 is 4.74 Å². The first-order valence-electron chi connectivity index (χ1n) is 6.23. The van der Waals surface area contributed by atoms with E-state index in [0.717, 1.165) is 11.1 Å². The second-order valence-corrected chi connectivity index (χ2v) is 5.21. The van der Waals surface area contributed by atoms with E-state index in [1.165, 1.54) is 7.11 Å². The smallest absolute Gasteiger partial charge is 0.286 e. The van der Waals surface area contributed by atoms with Crippen molar-refractivity contribution in [2.45, 2.75) is 26.4 Å². The molecule has 6 heteroatoms. The number of nitrogens with zero attached hydrogens (tertiary/aromatic N) is 2. The van der Waals surface area contributed by atoms with Gasteiger partial charge < -0.3 is 19.5 Å². The zero-order valence-corrected chi connectivity index (χ0v) is 12.0. The van der Waals surface area contributed by atoms with Gasteiger partial charge in [0.15, 0.2) is 5.71 Å². The highest BCUT2D eigenvalue weighted by Crippen LogP contribution is 2.28. The van der Waals surface area contributed by atoms with E-state index in [1.54, 1.807) is 13.8 Å². The molecule has 0 saturated carbocycles. The van der Waals surface area contributed by atoms with Crippen LogP contribution in [0.5, 0.6) is 5.75 Å². The highest BCUT2D eigenvalue weighted by Gasteiger charge is 2.29.